The van der Waals surface area contributed by atoms with Gasteiger partial charge in [-0.25, -0.2) is 0 Å². The minimum absolute atomic E-state index is 0.0631. The molecule has 1 saturated carbocycles. The second-order valence-electron chi connectivity index (χ2n) is 6.46. The third-order valence-electron chi connectivity index (χ3n) is 4.13. The number of nitrogens with zero attached hydrogens (tertiary/aromatic N) is 1. The fourth-order valence-electron chi connectivity index (χ4n) is 3.26. The van der Waals surface area contributed by atoms with E-state index in [4.69, 9.17) is 0 Å². The van der Waals surface area contributed by atoms with Crippen molar-refractivity contribution in [3.63, 3.8) is 0 Å². The van der Waals surface area contributed by atoms with Gasteiger partial charge in [-0.1, -0.05) is 27.7 Å². The Morgan fingerprint density at radius 3 is 2.35 bits per heavy atom. The maximum absolute atomic E-state index is 12.2. The molecule has 1 saturated heterocycles. The average molecular weight is 255 g/mol. The predicted molar refractivity (Wildman–Crippen MR) is 74.5 cm³/mol. The molecule has 0 radical (unpaired) electrons. The van der Waals surface area contributed by atoms with Gasteiger partial charge in [0, 0.05) is 41.5 Å². The summed E-state index contributed by atoms with van der Waals surface area (Å²) in [7, 11) is 0. The molecular formula is C14H25NOS. The molecule has 0 amide bonds. The Kier molecular flexibility index (Phi) is 3.89. The van der Waals surface area contributed by atoms with Gasteiger partial charge in [-0.15, -0.1) is 0 Å². The van der Waals surface area contributed by atoms with Crippen LogP contribution in [0.4, 0.5) is 0 Å². The van der Waals surface area contributed by atoms with Crippen molar-refractivity contribution < 1.29 is 4.79 Å². The summed E-state index contributed by atoms with van der Waals surface area (Å²) in [6.45, 7) is 12.1. The van der Waals surface area contributed by atoms with Gasteiger partial charge in [-0.2, -0.15) is 11.8 Å². The Bertz CT molecular complexity index is 293. The fraction of sp³-hybridized carbons (Fsp3) is 0.929. The zero-order valence-electron chi connectivity index (χ0n) is 11.5. The van der Waals surface area contributed by atoms with E-state index in [9.17, 15) is 4.79 Å². The average Bonchev–Trinajstić information content (AvgIpc) is 2.44. The zero-order chi connectivity index (χ0) is 12.6. The summed E-state index contributed by atoms with van der Waals surface area (Å²) in [6.07, 6.45) is 2.17. The predicted octanol–water partition coefficient (Wildman–Crippen LogP) is 2.82. The monoisotopic (exact) mass is 255 g/mol. The van der Waals surface area contributed by atoms with Gasteiger partial charge in [0.25, 0.3) is 0 Å². The first-order valence-corrected chi connectivity index (χ1v) is 7.75. The van der Waals surface area contributed by atoms with E-state index < -0.39 is 0 Å². The van der Waals surface area contributed by atoms with Gasteiger partial charge in [-0.3, -0.25) is 4.79 Å². The van der Waals surface area contributed by atoms with Crippen LogP contribution in [0.15, 0.2) is 0 Å². The molecule has 2 aliphatic rings. The molecule has 1 aliphatic carbocycles. The molecule has 0 spiro atoms. The number of rotatable bonds is 2. The van der Waals surface area contributed by atoms with Crippen LogP contribution in [0.5, 0.6) is 0 Å². The molecule has 3 atom stereocenters. The molecule has 17 heavy (non-hydrogen) atoms. The highest BCUT2D eigenvalue weighted by Gasteiger charge is 2.41. The molecule has 3 unspecified atom stereocenters. The lowest BCUT2D eigenvalue weighted by molar-refractivity contribution is -0.128. The molecular weight excluding hydrogens is 230 g/mol. The second-order valence-corrected chi connectivity index (χ2v) is 8.34. The molecule has 1 aliphatic heterocycles. The van der Waals surface area contributed by atoms with Gasteiger partial charge >= 0.3 is 0 Å². The van der Waals surface area contributed by atoms with Crippen molar-refractivity contribution in [3.05, 3.63) is 0 Å². The topological polar surface area (TPSA) is 20.3 Å². The molecule has 0 N–H and O–H groups in total. The number of hydrogen-bond donors (Lipinski definition) is 0. The molecule has 3 heteroatoms. The number of hydrogen-bond acceptors (Lipinski definition) is 3. The molecule has 0 aromatic carbocycles. The van der Waals surface area contributed by atoms with Crippen molar-refractivity contribution in [2.24, 2.45) is 11.3 Å². The molecule has 2 fully saturated rings. The van der Waals surface area contributed by atoms with Gasteiger partial charge < -0.3 is 4.90 Å². The maximum atomic E-state index is 12.2. The first-order valence-electron chi connectivity index (χ1n) is 6.80. The van der Waals surface area contributed by atoms with Crippen LogP contribution in [0.2, 0.25) is 0 Å². The summed E-state index contributed by atoms with van der Waals surface area (Å²) >= 11 is 2.08. The first kappa shape index (κ1) is 13.4. The largest absolute Gasteiger partial charge is 0.300 e. The van der Waals surface area contributed by atoms with E-state index in [2.05, 4.69) is 44.4 Å². The SMILES string of the molecule is CC1CN(CC2CCC(C)(C)C2=O)CC(C)S1. The van der Waals surface area contributed by atoms with Crippen LogP contribution in [0.1, 0.15) is 40.5 Å². The van der Waals surface area contributed by atoms with Crippen LogP contribution < -0.4 is 0 Å². The van der Waals surface area contributed by atoms with Crippen LogP contribution in [0, 0.1) is 11.3 Å². The molecule has 1 heterocycles. The first-order chi connectivity index (χ1) is 7.88. The number of thioether (sulfide) groups is 1. The zero-order valence-corrected chi connectivity index (χ0v) is 12.3. The van der Waals surface area contributed by atoms with Crippen molar-refractivity contribution in [1.82, 2.24) is 4.90 Å². The van der Waals surface area contributed by atoms with E-state index in [0.29, 0.717) is 22.2 Å². The Morgan fingerprint density at radius 2 is 1.88 bits per heavy atom. The van der Waals surface area contributed by atoms with Crippen molar-refractivity contribution >= 4 is 17.5 Å². The normalized spacial score (nSPS) is 38.6. The summed E-state index contributed by atoms with van der Waals surface area (Å²) in [4.78, 5) is 14.7. The smallest absolute Gasteiger partial charge is 0.142 e. The van der Waals surface area contributed by atoms with Gasteiger partial charge in [0.1, 0.15) is 5.78 Å². The van der Waals surface area contributed by atoms with Crippen LogP contribution in [-0.2, 0) is 4.79 Å². The fourth-order valence-corrected chi connectivity index (χ4v) is 4.65. The summed E-state index contributed by atoms with van der Waals surface area (Å²) in [6, 6.07) is 0. The van der Waals surface area contributed by atoms with Crippen LogP contribution in [0.3, 0.4) is 0 Å². The van der Waals surface area contributed by atoms with Crippen molar-refractivity contribution in [1.29, 1.82) is 0 Å². The Labute approximate surface area is 110 Å². The lowest BCUT2D eigenvalue weighted by Gasteiger charge is -2.35. The minimum Gasteiger partial charge on any atom is -0.300 e. The van der Waals surface area contributed by atoms with Gasteiger partial charge in [0.15, 0.2) is 0 Å². The highest BCUT2D eigenvalue weighted by Crippen LogP contribution is 2.38. The molecule has 2 rings (SSSR count). The van der Waals surface area contributed by atoms with Crippen LogP contribution in [0.25, 0.3) is 0 Å². The highest BCUT2D eigenvalue weighted by atomic mass is 32.2. The number of carbonyl (C=O) groups is 1. The van der Waals surface area contributed by atoms with Crippen LogP contribution >= 0.6 is 11.8 Å². The van der Waals surface area contributed by atoms with Gasteiger partial charge in [-0.05, 0) is 12.8 Å². The van der Waals surface area contributed by atoms with Crippen molar-refractivity contribution in [2.45, 2.75) is 51.0 Å². The third kappa shape index (κ3) is 3.05. The molecule has 0 aromatic heterocycles. The summed E-state index contributed by atoms with van der Waals surface area (Å²) < 4.78 is 0. The van der Waals surface area contributed by atoms with E-state index in [1.807, 2.05) is 0 Å². The number of Topliss-reactive ketones (excluding diaryl/α,β-unsaturated/α-hetero) is 1. The number of carbonyl (C=O) groups excluding carboxylic acids is 1. The van der Waals surface area contributed by atoms with E-state index in [-0.39, 0.29) is 5.41 Å². The standard InChI is InChI=1S/C14H25NOS/c1-10-7-15(8-11(2)17-10)9-12-5-6-14(3,4)13(12)16/h10-12H,5-9H2,1-4H3. The van der Waals surface area contributed by atoms with E-state index in [1.54, 1.807) is 0 Å². The minimum atomic E-state index is -0.0631. The van der Waals surface area contributed by atoms with Crippen molar-refractivity contribution in [2.75, 3.05) is 19.6 Å². The Hall–Kier alpha value is -0.0200. The molecule has 98 valence electrons. The van der Waals surface area contributed by atoms with Crippen molar-refractivity contribution in [3.8, 4) is 0 Å². The second kappa shape index (κ2) is 4.93. The van der Waals surface area contributed by atoms with E-state index in [0.717, 1.165) is 32.5 Å². The Balaban J connectivity index is 1.91. The van der Waals surface area contributed by atoms with E-state index >= 15 is 0 Å². The lowest BCUT2D eigenvalue weighted by Crippen LogP contribution is -2.43. The highest BCUT2D eigenvalue weighted by molar-refractivity contribution is 8.00. The van der Waals surface area contributed by atoms with Crippen LogP contribution in [-0.4, -0.2) is 40.8 Å². The maximum Gasteiger partial charge on any atom is 0.142 e. The molecule has 2 nitrogen and oxygen atoms in total. The quantitative estimate of drug-likeness (QED) is 0.757. The Morgan fingerprint density at radius 1 is 1.29 bits per heavy atom. The van der Waals surface area contributed by atoms with Gasteiger partial charge in [0.2, 0.25) is 0 Å². The van der Waals surface area contributed by atoms with E-state index in [1.165, 1.54) is 0 Å². The third-order valence-corrected chi connectivity index (χ3v) is 5.36. The summed E-state index contributed by atoms with van der Waals surface area (Å²) in [5, 5.41) is 1.42. The summed E-state index contributed by atoms with van der Waals surface area (Å²) in [5.41, 5.74) is -0.0631. The van der Waals surface area contributed by atoms with Gasteiger partial charge in [0.05, 0.1) is 0 Å². The number of ketones is 1. The lowest BCUT2D eigenvalue weighted by atomic mass is 9.89. The summed E-state index contributed by atoms with van der Waals surface area (Å²) in [5.74, 6) is 0.795. The molecule has 0 aromatic rings. The molecule has 0 bridgehead atoms.